The van der Waals surface area contributed by atoms with Gasteiger partial charge in [0.05, 0.1) is 6.26 Å². The van der Waals surface area contributed by atoms with Crippen LogP contribution in [0.15, 0.2) is 53.3 Å². The number of rotatable bonds is 5. The van der Waals surface area contributed by atoms with Gasteiger partial charge in [-0.15, -0.1) is 0 Å². The Labute approximate surface area is 176 Å². The highest BCUT2D eigenvalue weighted by atomic mass is 32.1. The molecule has 1 fully saturated rings. The molecule has 4 heterocycles. The van der Waals surface area contributed by atoms with Gasteiger partial charge in [0, 0.05) is 41.8 Å². The first-order valence-corrected chi connectivity index (χ1v) is 10.6. The topological polar surface area (TPSA) is 97.2 Å². The predicted molar refractivity (Wildman–Crippen MR) is 114 cm³/mol. The van der Waals surface area contributed by atoms with Crippen molar-refractivity contribution < 1.29 is 18.7 Å². The summed E-state index contributed by atoms with van der Waals surface area (Å²) in [5, 5.41) is 4.06. The second-order valence-electron chi connectivity index (χ2n) is 7.12. The summed E-state index contributed by atoms with van der Waals surface area (Å²) in [5.41, 5.74) is 1.89. The van der Waals surface area contributed by atoms with Crippen LogP contribution in [0, 0.1) is 5.92 Å². The first kappa shape index (κ1) is 18.8. The lowest BCUT2D eigenvalue weighted by Crippen LogP contribution is -2.23. The first-order chi connectivity index (χ1) is 14.7. The molecular formula is C22H19N3O4S. The number of ether oxygens (including phenoxy) is 1. The minimum absolute atomic E-state index is 0.0236. The number of furan rings is 1. The number of fused-ring (bicyclic) bond motifs is 1. The van der Waals surface area contributed by atoms with E-state index in [9.17, 15) is 9.59 Å². The number of nitrogens with one attached hydrogen (secondary N) is 2. The number of amides is 1. The van der Waals surface area contributed by atoms with Gasteiger partial charge in [-0.1, -0.05) is 17.4 Å². The molecule has 0 saturated carbocycles. The summed E-state index contributed by atoms with van der Waals surface area (Å²) in [4.78, 5) is 34.2. The zero-order valence-corrected chi connectivity index (χ0v) is 16.8. The lowest BCUT2D eigenvalue weighted by molar-refractivity contribution is 0.0547. The number of hydrogen-bond donors (Lipinski definition) is 2. The van der Waals surface area contributed by atoms with Crippen LogP contribution >= 0.6 is 11.3 Å². The third-order valence-corrected chi connectivity index (χ3v) is 6.24. The molecule has 2 N–H and O–H groups in total. The number of benzene rings is 1. The molecule has 1 aliphatic rings. The van der Waals surface area contributed by atoms with Gasteiger partial charge in [0.1, 0.15) is 10.6 Å². The summed E-state index contributed by atoms with van der Waals surface area (Å²) < 4.78 is 10.9. The second-order valence-corrected chi connectivity index (χ2v) is 8.12. The van der Waals surface area contributed by atoms with Gasteiger partial charge < -0.3 is 14.1 Å². The summed E-state index contributed by atoms with van der Waals surface area (Å²) >= 11 is 1.19. The van der Waals surface area contributed by atoms with Gasteiger partial charge in [-0.3, -0.25) is 14.9 Å². The van der Waals surface area contributed by atoms with Crippen molar-refractivity contribution in [3.8, 4) is 11.5 Å². The van der Waals surface area contributed by atoms with Crippen LogP contribution in [0.5, 0.6) is 0 Å². The largest absolute Gasteiger partial charge is 0.463 e. The van der Waals surface area contributed by atoms with Crippen LogP contribution in [0.25, 0.3) is 22.4 Å². The van der Waals surface area contributed by atoms with Crippen molar-refractivity contribution in [2.75, 3.05) is 18.5 Å². The Hall–Kier alpha value is -3.23. The Balaban J connectivity index is 1.47. The van der Waals surface area contributed by atoms with Crippen molar-refractivity contribution in [3.05, 3.63) is 59.3 Å². The lowest BCUT2D eigenvalue weighted by Gasteiger charge is -2.20. The van der Waals surface area contributed by atoms with Crippen LogP contribution in [-0.4, -0.2) is 34.9 Å². The molecule has 1 saturated heterocycles. The second kappa shape index (κ2) is 7.89. The number of H-pyrrole nitrogens is 1. The predicted octanol–water partition coefficient (Wildman–Crippen LogP) is 4.75. The standard InChI is InChI=1S/C22H19N3O4S/c26-19(13-7-11-28-12-8-13)20-18(17-5-2-10-29-17)24-22(30-20)25-21(27)15-3-1-4-16-14(15)6-9-23-16/h1-6,9-10,13,23H,7-8,11-12H2,(H,24,25,27). The van der Waals surface area contributed by atoms with E-state index in [-0.39, 0.29) is 17.6 Å². The van der Waals surface area contributed by atoms with Gasteiger partial charge in [-0.05, 0) is 43.2 Å². The van der Waals surface area contributed by atoms with Gasteiger partial charge in [-0.25, -0.2) is 4.98 Å². The molecule has 152 valence electrons. The maximum atomic E-state index is 13.2. The number of aromatic amines is 1. The van der Waals surface area contributed by atoms with E-state index in [0.29, 0.717) is 53.1 Å². The number of thiazole rings is 1. The van der Waals surface area contributed by atoms with E-state index in [4.69, 9.17) is 9.15 Å². The molecule has 1 aromatic carbocycles. The maximum Gasteiger partial charge on any atom is 0.258 e. The van der Waals surface area contributed by atoms with Crippen LogP contribution in [0.1, 0.15) is 32.9 Å². The molecule has 0 radical (unpaired) electrons. The van der Waals surface area contributed by atoms with Gasteiger partial charge in [0.15, 0.2) is 16.7 Å². The monoisotopic (exact) mass is 421 g/mol. The number of ketones is 1. The molecule has 0 spiro atoms. The van der Waals surface area contributed by atoms with Crippen molar-refractivity contribution in [3.63, 3.8) is 0 Å². The van der Waals surface area contributed by atoms with Crippen molar-refractivity contribution in [2.45, 2.75) is 12.8 Å². The zero-order valence-electron chi connectivity index (χ0n) is 16.0. The maximum absolute atomic E-state index is 13.2. The van der Waals surface area contributed by atoms with Gasteiger partial charge >= 0.3 is 0 Å². The molecule has 4 aromatic rings. The third-order valence-electron chi connectivity index (χ3n) is 5.26. The molecule has 0 bridgehead atoms. The number of hydrogen-bond acceptors (Lipinski definition) is 6. The van der Waals surface area contributed by atoms with E-state index >= 15 is 0 Å². The van der Waals surface area contributed by atoms with Crippen molar-refractivity contribution in [2.24, 2.45) is 5.92 Å². The van der Waals surface area contributed by atoms with Crippen LogP contribution in [0.3, 0.4) is 0 Å². The molecule has 0 aliphatic carbocycles. The summed E-state index contributed by atoms with van der Waals surface area (Å²) in [7, 11) is 0. The fraction of sp³-hybridized carbons (Fsp3) is 0.227. The number of carbonyl (C=O) groups is 2. The third kappa shape index (κ3) is 3.44. The summed E-state index contributed by atoms with van der Waals surface area (Å²) in [6.45, 7) is 1.16. The van der Waals surface area contributed by atoms with Gasteiger partial charge in [-0.2, -0.15) is 0 Å². The average molecular weight is 421 g/mol. The van der Waals surface area contributed by atoms with Crippen molar-refractivity contribution in [1.29, 1.82) is 0 Å². The highest BCUT2D eigenvalue weighted by Gasteiger charge is 2.29. The average Bonchev–Trinajstić information content (AvgIpc) is 3.53. The molecule has 1 amide bonds. The lowest BCUT2D eigenvalue weighted by atomic mass is 9.94. The Morgan fingerprint density at radius 3 is 2.80 bits per heavy atom. The number of nitrogens with zero attached hydrogens (tertiary/aromatic N) is 1. The zero-order chi connectivity index (χ0) is 20.5. The van der Waals surface area contributed by atoms with E-state index < -0.39 is 0 Å². The smallest absolute Gasteiger partial charge is 0.258 e. The van der Waals surface area contributed by atoms with E-state index in [1.54, 1.807) is 30.7 Å². The molecule has 0 atom stereocenters. The van der Waals surface area contributed by atoms with E-state index in [1.165, 1.54) is 11.3 Å². The number of anilines is 1. The minimum atomic E-state index is -0.273. The normalized spacial score (nSPS) is 14.8. The van der Waals surface area contributed by atoms with Gasteiger partial charge in [0.2, 0.25) is 0 Å². The summed E-state index contributed by atoms with van der Waals surface area (Å²) in [6, 6.07) is 10.9. The van der Waals surface area contributed by atoms with E-state index in [1.807, 2.05) is 18.2 Å². The summed E-state index contributed by atoms with van der Waals surface area (Å²) in [5.74, 6) is 0.153. The Kier molecular flexibility index (Phi) is 4.94. The SMILES string of the molecule is O=C(Nc1nc(-c2ccco2)c(C(=O)C2CCOCC2)s1)c1cccc2[nH]ccc12. The number of Topliss-reactive ketones (excluding diaryl/α,β-unsaturated/α-hetero) is 1. The fourth-order valence-electron chi connectivity index (χ4n) is 3.71. The quantitative estimate of drug-likeness (QED) is 0.454. The van der Waals surface area contributed by atoms with E-state index in [2.05, 4.69) is 15.3 Å². The van der Waals surface area contributed by atoms with Crippen LogP contribution in [0.4, 0.5) is 5.13 Å². The highest BCUT2D eigenvalue weighted by Crippen LogP contribution is 2.35. The van der Waals surface area contributed by atoms with Crippen LogP contribution in [-0.2, 0) is 4.74 Å². The minimum Gasteiger partial charge on any atom is -0.463 e. The van der Waals surface area contributed by atoms with E-state index in [0.717, 1.165) is 10.9 Å². The molecule has 8 heteroatoms. The number of aromatic nitrogens is 2. The van der Waals surface area contributed by atoms with Crippen LogP contribution < -0.4 is 5.32 Å². The van der Waals surface area contributed by atoms with Gasteiger partial charge in [0.25, 0.3) is 5.91 Å². The van der Waals surface area contributed by atoms with Crippen LogP contribution in [0.2, 0.25) is 0 Å². The number of carbonyl (C=O) groups excluding carboxylic acids is 2. The Morgan fingerprint density at radius 2 is 2.00 bits per heavy atom. The molecule has 30 heavy (non-hydrogen) atoms. The Morgan fingerprint density at radius 1 is 1.13 bits per heavy atom. The molecule has 3 aromatic heterocycles. The Bertz CT molecular complexity index is 1200. The first-order valence-electron chi connectivity index (χ1n) is 9.75. The molecular weight excluding hydrogens is 402 g/mol. The molecule has 5 rings (SSSR count). The summed E-state index contributed by atoms with van der Waals surface area (Å²) in [6.07, 6.45) is 4.71. The molecule has 0 unspecified atom stereocenters. The van der Waals surface area contributed by atoms with Crippen molar-refractivity contribution in [1.82, 2.24) is 9.97 Å². The van der Waals surface area contributed by atoms with Crippen molar-refractivity contribution >= 4 is 39.1 Å². The highest BCUT2D eigenvalue weighted by molar-refractivity contribution is 7.18. The molecule has 1 aliphatic heterocycles. The fourth-order valence-corrected chi connectivity index (χ4v) is 4.70. The molecule has 7 nitrogen and oxygen atoms in total.